The molecule has 0 bridgehead atoms. The molecule has 1 unspecified atom stereocenters. The van der Waals surface area contributed by atoms with Gasteiger partial charge in [0.2, 0.25) is 0 Å². The van der Waals surface area contributed by atoms with Crippen molar-refractivity contribution in [2.75, 3.05) is 0 Å². The maximum absolute atomic E-state index is 14.8. The van der Waals surface area contributed by atoms with Gasteiger partial charge in [0.05, 0.1) is 5.41 Å². The molecule has 1 saturated carbocycles. The molecule has 0 saturated heterocycles. The molecule has 1 atom stereocenters. The van der Waals surface area contributed by atoms with Crippen molar-refractivity contribution in [2.24, 2.45) is 22.2 Å². The lowest BCUT2D eigenvalue weighted by Gasteiger charge is -2.75. The van der Waals surface area contributed by atoms with Crippen LogP contribution in [0, 0.1) is 22.2 Å². The first kappa shape index (κ1) is 16.8. The molecule has 0 spiro atoms. The maximum Gasteiger partial charge on any atom is 0.280 e. The molecule has 0 amide bonds. The molecule has 114 valence electrons. The van der Waals surface area contributed by atoms with Crippen molar-refractivity contribution in [3.8, 4) is 0 Å². The van der Waals surface area contributed by atoms with E-state index in [0.29, 0.717) is 0 Å². The average Bonchev–Trinajstić information content (AvgIpc) is 2.24. The molecule has 0 radical (unpaired) electrons. The van der Waals surface area contributed by atoms with Crippen LogP contribution in [0.4, 0.5) is 13.2 Å². The van der Waals surface area contributed by atoms with Crippen LogP contribution in [0.1, 0.15) is 55.4 Å². The minimum Gasteiger partial charge on any atom is -0.387 e. The molecule has 1 rings (SSSR count). The largest absolute Gasteiger partial charge is 0.387 e. The fourth-order valence-electron chi connectivity index (χ4n) is 3.99. The molecule has 4 heteroatoms. The quantitative estimate of drug-likeness (QED) is 0.810. The lowest BCUT2D eigenvalue weighted by Crippen LogP contribution is -2.82. The van der Waals surface area contributed by atoms with Crippen LogP contribution >= 0.6 is 0 Å². The number of hydrogen-bond acceptors (Lipinski definition) is 1. The van der Waals surface area contributed by atoms with Crippen LogP contribution < -0.4 is 0 Å². The Hall–Kier alpha value is -0.250. The number of alkyl halides is 3. The topological polar surface area (TPSA) is 20.2 Å². The Bertz CT molecular complexity index is 352. The summed E-state index contributed by atoms with van der Waals surface area (Å²) >= 11 is 0. The smallest absolute Gasteiger partial charge is 0.280 e. The number of aliphatic hydroxyl groups excluding tert-OH is 1. The van der Waals surface area contributed by atoms with Gasteiger partial charge in [0.15, 0.2) is 0 Å². The van der Waals surface area contributed by atoms with Crippen LogP contribution in [-0.2, 0) is 0 Å². The summed E-state index contributed by atoms with van der Waals surface area (Å²) in [5.74, 6) is -3.93. The van der Waals surface area contributed by atoms with Crippen LogP contribution in [0.2, 0.25) is 0 Å². The molecule has 1 aliphatic carbocycles. The summed E-state index contributed by atoms with van der Waals surface area (Å²) in [7, 11) is 0. The summed E-state index contributed by atoms with van der Waals surface area (Å²) in [6, 6.07) is 0. The Balaban J connectivity index is 3.40. The van der Waals surface area contributed by atoms with Gasteiger partial charge in [-0.3, -0.25) is 0 Å². The summed E-state index contributed by atoms with van der Waals surface area (Å²) in [6.45, 7) is 12.0. The fourth-order valence-corrected chi connectivity index (χ4v) is 3.99. The van der Waals surface area contributed by atoms with Gasteiger partial charge < -0.3 is 5.11 Å². The number of aliphatic hydroxyl groups is 1. The second-order valence-electron chi connectivity index (χ2n) is 7.69. The molecule has 1 fully saturated rings. The highest BCUT2D eigenvalue weighted by atomic mass is 19.3. The number of hydrogen-bond donors (Lipinski definition) is 1. The van der Waals surface area contributed by atoms with Crippen molar-refractivity contribution in [3.05, 3.63) is 0 Å². The van der Waals surface area contributed by atoms with Crippen molar-refractivity contribution in [1.82, 2.24) is 0 Å². The molecule has 1 aliphatic rings. The lowest BCUT2D eigenvalue weighted by molar-refractivity contribution is -0.392. The second-order valence-corrected chi connectivity index (χ2v) is 7.69. The van der Waals surface area contributed by atoms with Gasteiger partial charge >= 0.3 is 0 Å². The summed E-state index contributed by atoms with van der Waals surface area (Å²) in [6.07, 6.45) is -1.77. The molecule has 19 heavy (non-hydrogen) atoms. The van der Waals surface area contributed by atoms with E-state index in [0.717, 1.165) is 0 Å². The van der Waals surface area contributed by atoms with Crippen LogP contribution in [-0.4, -0.2) is 22.8 Å². The van der Waals surface area contributed by atoms with Gasteiger partial charge in [-0.2, -0.15) is 0 Å². The predicted octanol–water partition coefficient (Wildman–Crippen LogP) is 4.44. The molecular formula is C15H27F3O. The predicted molar refractivity (Wildman–Crippen MR) is 71.0 cm³/mol. The van der Waals surface area contributed by atoms with Gasteiger partial charge in [-0.15, -0.1) is 0 Å². The third kappa shape index (κ3) is 1.47. The van der Waals surface area contributed by atoms with Crippen LogP contribution in [0.25, 0.3) is 0 Å². The molecule has 1 N–H and O–H groups in total. The highest BCUT2D eigenvalue weighted by Gasteiger charge is 2.85. The van der Waals surface area contributed by atoms with E-state index in [2.05, 4.69) is 0 Å². The average molecular weight is 280 g/mol. The Morgan fingerprint density at radius 3 is 1.47 bits per heavy atom. The third-order valence-corrected chi connectivity index (χ3v) is 6.52. The van der Waals surface area contributed by atoms with Crippen molar-refractivity contribution >= 4 is 0 Å². The summed E-state index contributed by atoms with van der Waals surface area (Å²) in [5.41, 5.74) is -5.76. The number of rotatable bonds is 3. The number of halogens is 3. The van der Waals surface area contributed by atoms with Crippen molar-refractivity contribution in [1.29, 1.82) is 0 Å². The van der Waals surface area contributed by atoms with E-state index in [1.807, 2.05) is 0 Å². The zero-order valence-corrected chi connectivity index (χ0v) is 13.2. The monoisotopic (exact) mass is 280 g/mol. The molecule has 0 aromatic heterocycles. The van der Waals surface area contributed by atoms with Gasteiger partial charge in [-0.1, -0.05) is 48.5 Å². The summed E-state index contributed by atoms with van der Waals surface area (Å²) in [4.78, 5) is 0. The standard InChI is InChI=1S/C15H27F3O/c1-9(2)10(19)15(17,18)13(7)11(3,4)14(8,16)12(13,5)6/h9-10,19H,1-8H3. The Kier molecular flexibility index (Phi) is 3.45. The summed E-state index contributed by atoms with van der Waals surface area (Å²) in [5, 5.41) is 9.92. The first-order chi connectivity index (χ1) is 8.10. The van der Waals surface area contributed by atoms with Crippen molar-refractivity contribution in [3.63, 3.8) is 0 Å². The van der Waals surface area contributed by atoms with Crippen LogP contribution in [0.3, 0.4) is 0 Å². The Morgan fingerprint density at radius 1 is 0.895 bits per heavy atom. The zero-order valence-electron chi connectivity index (χ0n) is 13.2. The first-order valence-corrected chi connectivity index (χ1v) is 6.85. The third-order valence-electron chi connectivity index (χ3n) is 6.52. The van der Waals surface area contributed by atoms with Gasteiger partial charge in [-0.05, 0) is 12.8 Å². The second kappa shape index (κ2) is 3.90. The maximum atomic E-state index is 14.8. The van der Waals surface area contributed by atoms with Gasteiger partial charge in [-0.25, -0.2) is 13.2 Å². The molecule has 0 aliphatic heterocycles. The first-order valence-electron chi connectivity index (χ1n) is 6.85. The van der Waals surface area contributed by atoms with Gasteiger partial charge in [0.1, 0.15) is 11.8 Å². The minimum absolute atomic E-state index is 0.579. The van der Waals surface area contributed by atoms with Crippen molar-refractivity contribution < 1.29 is 18.3 Å². The van der Waals surface area contributed by atoms with E-state index in [-0.39, 0.29) is 0 Å². The highest BCUT2D eigenvalue weighted by Crippen LogP contribution is 2.79. The van der Waals surface area contributed by atoms with Crippen LogP contribution in [0.15, 0.2) is 0 Å². The Morgan fingerprint density at radius 2 is 1.21 bits per heavy atom. The lowest BCUT2D eigenvalue weighted by atomic mass is 9.30. The molecule has 0 aromatic carbocycles. The zero-order chi connectivity index (χ0) is 15.7. The summed E-state index contributed by atoms with van der Waals surface area (Å²) < 4.78 is 44.5. The van der Waals surface area contributed by atoms with E-state index in [1.54, 1.807) is 13.8 Å². The van der Waals surface area contributed by atoms with Crippen LogP contribution in [0.5, 0.6) is 0 Å². The van der Waals surface area contributed by atoms with Gasteiger partial charge in [0.25, 0.3) is 5.92 Å². The Labute approximate surface area is 114 Å². The van der Waals surface area contributed by atoms with E-state index in [4.69, 9.17) is 0 Å². The molecule has 0 heterocycles. The van der Waals surface area contributed by atoms with Gasteiger partial charge in [0, 0.05) is 10.8 Å². The molecule has 1 nitrogen and oxygen atoms in total. The van der Waals surface area contributed by atoms with E-state index in [9.17, 15) is 18.3 Å². The fraction of sp³-hybridized carbons (Fsp3) is 1.00. The van der Waals surface area contributed by atoms with Crippen molar-refractivity contribution in [2.45, 2.75) is 73.1 Å². The molecule has 0 aromatic rings. The molecular weight excluding hydrogens is 253 g/mol. The van der Waals surface area contributed by atoms with E-state index >= 15 is 0 Å². The highest BCUT2D eigenvalue weighted by molar-refractivity contribution is 5.28. The minimum atomic E-state index is -3.35. The normalized spacial score (nSPS) is 39.0. The van der Waals surface area contributed by atoms with E-state index in [1.165, 1.54) is 41.5 Å². The SMILES string of the molecule is CC(C)C(O)C(F)(F)C1(C)C(C)(C)C(C)(F)C1(C)C. The van der Waals surface area contributed by atoms with E-state index < -0.39 is 39.9 Å².